The number of nitrogens with zero attached hydrogens (tertiary/aromatic N) is 2. The molecule has 5 nitrogen and oxygen atoms in total. The van der Waals surface area contributed by atoms with Crippen LogP contribution in [0.2, 0.25) is 0 Å². The highest BCUT2D eigenvalue weighted by Gasteiger charge is 2.55. The molecule has 0 radical (unpaired) electrons. The number of ether oxygens (including phenoxy) is 2. The summed E-state index contributed by atoms with van der Waals surface area (Å²) in [6, 6.07) is 5.86. The second kappa shape index (κ2) is 6.21. The second-order valence-electron chi connectivity index (χ2n) is 7.06. The normalized spacial score (nSPS) is 26.1. The van der Waals surface area contributed by atoms with E-state index in [1.807, 2.05) is 23.1 Å². The van der Waals surface area contributed by atoms with Crippen molar-refractivity contribution < 1.29 is 14.3 Å². The molecule has 5 heteroatoms. The molecule has 0 N–H and O–H groups in total. The van der Waals surface area contributed by atoms with Gasteiger partial charge in [0.1, 0.15) is 5.60 Å². The summed E-state index contributed by atoms with van der Waals surface area (Å²) in [4.78, 5) is 18.5. The van der Waals surface area contributed by atoms with Crippen LogP contribution in [0.5, 0.6) is 0 Å². The molecule has 1 atom stereocenters. The summed E-state index contributed by atoms with van der Waals surface area (Å²) in [5, 5.41) is 0. The average molecular weight is 316 g/mol. The molecule has 2 saturated heterocycles. The van der Waals surface area contributed by atoms with Gasteiger partial charge in [0.15, 0.2) is 0 Å². The third-order valence-electron chi connectivity index (χ3n) is 5.58. The average Bonchev–Trinajstić information content (AvgIpc) is 2.89. The third kappa shape index (κ3) is 2.88. The largest absolute Gasteiger partial charge is 0.375 e. The maximum atomic E-state index is 12.3. The molecule has 3 fully saturated rings. The molecular formula is C18H24N2O3. The first-order valence-corrected chi connectivity index (χ1v) is 8.67. The van der Waals surface area contributed by atoms with Gasteiger partial charge >= 0.3 is 0 Å². The highest BCUT2D eigenvalue weighted by atomic mass is 16.5. The lowest BCUT2D eigenvalue weighted by molar-refractivity contribution is -0.174. The second-order valence-corrected chi connectivity index (χ2v) is 7.06. The topological polar surface area (TPSA) is 51.7 Å². The molecule has 1 aliphatic carbocycles. The fourth-order valence-electron chi connectivity index (χ4n) is 3.83. The molecule has 4 rings (SSSR count). The Kier molecular flexibility index (Phi) is 4.07. The van der Waals surface area contributed by atoms with Crippen LogP contribution in [0.1, 0.15) is 31.4 Å². The van der Waals surface area contributed by atoms with Gasteiger partial charge in [-0.1, -0.05) is 12.5 Å². The summed E-state index contributed by atoms with van der Waals surface area (Å²) in [6.45, 7) is 3.50. The zero-order chi connectivity index (χ0) is 15.7. The van der Waals surface area contributed by atoms with Gasteiger partial charge < -0.3 is 14.4 Å². The molecule has 1 aromatic heterocycles. The Bertz CT molecular complexity index is 553. The molecule has 1 aromatic rings. The van der Waals surface area contributed by atoms with Gasteiger partial charge in [0.25, 0.3) is 0 Å². The predicted octanol–water partition coefficient (Wildman–Crippen LogP) is 2.02. The van der Waals surface area contributed by atoms with Crippen molar-refractivity contribution in [3.63, 3.8) is 0 Å². The molecule has 2 aliphatic heterocycles. The van der Waals surface area contributed by atoms with Crippen LogP contribution in [-0.2, 0) is 20.9 Å². The first-order valence-electron chi connectivity index (χ1n) is 8.67. The predicted molar refractivity (Wildman–Crippen MR) is 84.6 cm³/mol. The maximum Gasteiger partial charge on any atom is 0.225 e. The third-order valence-corrected chi connectivity index (χ3v) is 5.58. The van der Waals surface area contributed by atoms with Crippen molar-refractivity contribution in [2.45, 2.75) is 37.9 Å². The van der Waals surface area contributed by atoms with Crippen LogP contribution in [0.25, 0.3) is 0 Å². The standard InChI is InChI=1S/C18H24N2O3/c21-17(14-4-3-5-14)20-12-18(13-20)15(7-9-23-18)10-22-11-16-6-1-2-8-19-16/h1-2,6,8,14-15H,3-5,7,9-13H2/t15-/m0/s1. The molecular weight excluding hydrogens is 292 g/mol. The van der Waals surface area contributed by atoms with E-state index in [0.29, 0.717) is 25.0 Å². The molecule has 1 saturated carbocycles. The van der Waals surface area contributed by atoms with Crippen molar-refractivity contribution in [1.29, 1.82) is 0 Å². The van der Waals surface area contributed by atoms with E-state index in [4.69, 9.17) is 9.47 Å². The van der Waals surface area contributed by atoms with Crippen molar-refractivity contribution in [1.82, 2.24) is 9.88 Å². The fourth-order valence-corrected chi connectivity index (χ4v) is 3.83. The Morgan fingerprint density at radius 1 is 1.35 bits per heavy atom. The molecule has 0 aromatic carbocycles. The number of amides is 1. The van der Waals surface area contributed by atoms with Gasteiger partial charge in [0.05, 0.1) is 32.0 Å². The van der Waals surface area contributed by atoms with Gasteiger partial charge in [-0.2, -0.15) is 0 Å². The van der Waals surface area contributed by atoms with E-state index >= 15 is 0 Å². The van der Waals surface area contributed by atoms with E-state index in [0.717, 1.165) is 44.7 Å². The van der Waals surface area contributed by atoms with Crippen LogP contribution in [-0.4, -0.2) is 47.7 Å². The Hall–Kier alpha value is -1.46. The first kappa shape index (κ1) is 15.1. The number of aromatic nitrogens is 1. The van der Waals surface area contributed by atoms with Gasteiger partial charge in [-0.3, -0.25) is 9.78 Å². The van der Waals surface area contributed by atoms with E-state index in [2.05, 4.69) is 4.98 Å². The van der Waals surface area contributed by atoms with Crippen molar-refractivity contribution in [2.24, 2.45) is 11.8 Å². The van der Waals surface area contributed by atoms with E-state index in [1.165, 1.54) is 6.42 Å². The number of hydrogen-bond donors (Lipinski definition) is 0. The van der Waals surface area contributed by atoms with E-state index in [1.54, 1.807) is 6.20 Å². The van der Waals surface area contributed by atoms with Gasteiger partial charge in [-0.05, 0) is 31.4 Å². The van der Waals surface area contributed by atoms with Crippen LogP contribution in [0.3, 0.4) is 0 Å². The molecule has 1 spiro atoms. The molecule has 3 aliphatic rings. The molecule has 3 heterocycles. The minimum absolute atomic E-state index is 0.149. The Balaban J connectivity index is 1.27. The lowest BCUT2D eigenvalue weighted by Gasteiger charge is -2.51. The summed E-state index contributed by atoms with van der Waals surface area (Å²) in [7, 11) is 0. The zero-order valence-electron chi connectivity index (χ0n) is 13.4. The maximum absolute atomic E-state index is 12.3. The summed E-state index contributed by atoms with van der Waals surface area (Å²) in [6.07, 6.45) is 6.15. The number of carbonyl (C=O) groups excluding carboxylic acids is 1. The van der Waals surface area contributed by atoms with Crippen molar-refractivity contribution in [2.75, 3.05) is 26.3 Å². The summed E-state index contributed by atoms with van der Waals surface area (Å²) >= 11 is 0. The van der Waals surface area contributed by atoms with Crippen LogP contribution in [0.4, 0.5) is 0 Å². The number of pyridine rings is 1. The summed E-state index contributed by atoms with van der Waals surface area (Å²) < 4.78 is 11.9. The van der Waals surface area contributed by atoms with Gasteiger partial charge in [0, 0.05) is 24.6 Å². The SMILES string of the molecule is O=C(C1CCC1)N1CC2(C1)OCC[C@H]2COCc1ccccn1. The lowest BCUT2D eigenvalue weighted by atomic mass is 9.78. The van der Waals surface area contributed by atoms with Gasteiger partial charge in [-0.25, -0.2) is 0 Å². The van der Waals surface area contributed by atoms with Crippen molar-refractivity contribution in [3.05, 3.63) is 30.1 Å². The van der Waals surface area contributed by atoms with Crippen molar-refractivity contribution in [3.8, 4) is 0 Å². The molecule has 124 valence electrons. The molecule has 23 heavy (non-hydrogen) atoms. The molecule has 0 unspecified atom stereocenters. The fraction of sp³-hybridized carbons (Fsp3) is 0.667. The van der Waals surface area contributed by atoms with Gasteiger partial charge in [-0.15, -0.1) is 0 Å². The number of rotatable bonds is 5. The Labute approximate surface area is 137 Å². The Morgan fingerprint density at radius 3 is 2.91 bits per heavy atom. The Morgan fingerprint density at radius 2 is 2.22 bits per heavy atom. The lowest BCUT2D eigenvalue weighted by Crippen LogP contribution is -2.67. The van der Waals surface area contributed by atoms with E-state index in [-0.39, 0.29) is 11.5 Å². The smallest absolute Gasteiger partial charge is 0.225 e. The number of carbonyl (C=O) groups is 1. The summed E-state index contributed by atoms with van der Waals surface area (Å²) in [5.74, 6) is 1.01. The molecule has 0 bridgehead atoms. The minimum atomic E-state index is -0.149. The number of likely N-dealkylation sites (tertiary alicyclic amines) is 1. The monoisotopic (exact) mass is 316 g/mol. The van der Waals surface area contributed by atoms with Gasteiger partial charge in [0.2, 0.25) is 5.91 Å². The van der Waals surface area contributed by atoms with Crippen LogP contribution < -0.4 is 0 Å². The first-order chi connectivity index (χ1) is 11.3. The van der Waals surface area contributed by atoms with Crippen molar-refractivity contribution >= 4 is 5.91 Å². The summed E-state index contributed by atoms with van der Waals surface area (Å²) in [5.41, 5.74) is 0.805. The van der Waals surface area contributed by atoms with E-state index in [9.17, 15) is 4.79 Å². The minimum Gasteiger partial charge on any atom is -0.375 e. The van der Waals surface area contributed by atoms with E-state index < -0.39 is 0 Å². The highest BCUT2D eigenvalue weighted by Crippen LogP contribution is 2.42. The highest BCUT2D eigenvalue weighted by molar-refractivity contribution is 5.80. The van der Waals surface area contributed by atoms with Crippen LogP contribution in [0.15, 0.2) is 24.4 Å². The van der Waals surface area contributed by atoms with Crippen LogP contribution >= 0.6 is 0 Å². The molecule has 1 amide bonds. The van der Waals surface area contributed by atoms with Crippen LogP contribution in [0, 0.1) is 11.8 Å². The zero-order valence-corrected chi connectivity index (χ0v) is 13.4. The quantitative estimate of drug-likeness (QED) is 0.834. The number of hydrogen-bond acceptors (Lipinski definition) is 4.